The van der Waals surface area contributed by atoms with E-state index in [0.29, 0.717) is 38.0 Å². The van der Waals surface area contributed by atoms with Gasteiger partial charge in [-0.25, -0.2) is 8.78 Å². The zero-order valence-corrected chi connectivity index (χ0v) is 18.5. The molecule has 0 saturated carbocycles. The quantitative estimate of drug-likeness (QED) is 0.746. The van der Waals surface area contributed by atoms with Gasteiger partial charge in [0.25, 0.3) is 5.92 Å². The Morgan fingerprint density at radius 3 is 2.26 bits per heavy atom. The number of benzene rings is 2. The molecule has 2 aromatic rings. The third kappa shape index (κ3) is 5.24. The summed E-state index contributed by atoms with van der Waals surface area (Å²) in [6.45, 7) is 7.20. The highest BCUT2D eigenvalue weighted by atomic mass is 19.3. The molecule has 1 N–H and O–H groups in total. The lowest BCUT2D eigenvalue weighted by Crippen LogP contribution is -2.53. The Hall–Kier alpha value is -2.47. The zero-order chi connectivity index (χ0) is 22.6. The zero-order valence-electron chi connectivity index (χ0n) is 18.5. The molecule has 2 aliphatic heterocycles. The van der Waals surface area contributed by atoms with Gasteiger partial charge in [-0.2, -0.15) is 0 Å². The molecule has 0 radical (unpaired) electrons. The number of likely N-dealkylation sites (tertiary alicyclic amines) is 2. The summed E-state index contributed by atoms with van der Waals surface area (Å²) < 4.78 is 29.9. The lowest BCUT2D eigenvalue weighted by Gasteiger charge is -2.40. The van der Waals surface area contributed by atoms with Crippen LogP contribution >= 0.6 is 0 Å². The molecule has 2 unspecified atom stereocenters. The van der Waals surface area contributed by atoms with Crippen LogP contribution in [0.5, 0.6) is 5.75 Å². The van der Waals surface area contributed by atoms with Crippen molar-refractivity contribution in [2.24, 2.45) is 0 Å². The average molecular weight is 431 g/mol. The summed E-state index contributed by atoms with van der Waals surface area (Å²) in [5.41, 5.74) is 2.75. The molecule has 1 amide bonds. The molecule has 0 aliphatic carbocycles. The molecule has 168 valence electrons. The van der Waals surface area contributed by atoms with Gasteiger partial charge in [0.05, 0.1) is 18.5 Å². The molecule has 31 heavy (non-hydrogen) atoms. The average Bonchev–Trinajstić information content (AvgIpc) is 3.11. The van der Waals surface area contributed by atoms with Crippen LogP contribution in [0.2, 0.25) is 0 Å². The first-order valence-electron chi connectivity index (χ1n) is 11.1. The second-order valence-corrected chi connectivity index (χ2v) is 8.21. The minimum Gasteiger partial charge on any atom is -0.508 e. The van der Waals surface area contributed by atoms with Crippen molar-refractivity contribution in [1.29, 1.82) is 0 Å². The Labute approximate surface area is 183 Å². The summed E-state index contributed by atoms with van der Waals surface area (Å²) in [6.07, 6.45) is 0.879. The number of hydrogen-bond acceptors (Lipinski definition) is 3. The Kier molecular flexibility index (Phi) is 7.31. The van der Waals surface area contributed by atoms with E-state index in [0.717, 1.165) is 11.1 Å². The fraction of sp³-hybridized carbons (Fsp3) is 0.480. The number of alkyl halides is 2. The van der Waals surface area contributed by atoms with E-state index in [1.165, 1.54) is 12.1 Å². The van der Waals surface area contributed by atoms with Gasteiger partial charge in [0.15, 0.2) is 0 Å². The van der Waals surface area contributed by atoms with Crippen molar-refractivity contribution in [1.82, 2.24) is 9.80 Å². The molecule has 2 fully saturated rings. The number of phenolic OH excluding ortho intramolecular Hbond substituents is 1. The van der Waals surface area contributed by atoms with Gasteiger partial charge in [0.1, 0.15) is 5.75 Å². The third-order valence-corrected chi connectivity index (χ3v) is 6.13. The maximum Gasteiger partial charge on any atom is 0.267 e. The van der Waals surface area contributed by atoms with Crippen LogP contribution in [0, 0.1) is 6.92 Å². The van der Waals surface area contributed by atoms with E-state index in [2.05, 4.69) is 0 Å². The van der Waals surface area contributed by atoms with Crippen molar-refractivity contribution < 1.29 is 18.7 Å². The van der Waals surface area contributed by atoms with E-state index in [9.17, 15) is 18.7 Å². The molecule has 4 rings (SSSR count). The number of amides is 1. The first-order valence-corrected chi connectivity index (χ1v) is 11.1. The van der Waals surface area contributed by atoms with Crippen LogP contribution in [0.15, 0.2) is 48.5 Å². The fourth-order valence-electron chi connectivity index (χ4n) is 4.48. The minimum atomic E-state index is -2.92. The fourth-order valence-corrected chi connectivity index (χ4v) is 4.48. The summed E-state index contributed by atoms with van der Waals surface area (Å²) in [5, 5.41) is 9.41. The highest BCUT2D eigenvalue weighted by molar-refractivity contribution is 5.84. The standard InChI is InChI=1S/C23H26F2N2O2.C2H6/c1-16-2-4-17(5-3-16)14-26-13-11-21(22(26)29)27-12-10-20(23(24,25)15-27)18-6-8-19(28)9-7-18;1-2/h2-9,20-21,28H,10-15H2,1H3;1-2H3. The molecule has 2 aromatic carbocycles. The predicted octanol–water partition coefficient (Wildman–Crippen LogP) is 4.95. The largest absolute Gasteiger partial charge is 0.508 e. The number of hydrogen-bond donors (Lipinski definition) is 1. The van der Waals surface area contributed by atoms with Gasteiger partial charge in [0, 0.05) is 13.1 Å². The number of aromatic hydroxyl groups is 1. The van der Waals surface area contributed by atoms with E-state index in [-0.39, 0.29) is 11.7 Å². The predicted molar refractivity (Wildman–Crippen MR) is 118 cm³/mol. The van der Waals surface area contributed by atoms with Crippen molar-refractivity contribution in [3.8, 4) is 5.75 Å². The summed E-state index contributed by atoms with van der Waals surface area (Å²) in [4.78, 5) is 16.3. The van der Waals surface area contributed by atoms with E-state index in [1.807, 2.05) is 45.0 Å². The Balaban J connectivity index is 0.00000132. The highest BCUT2D eigenvalue weighted by Gasteiger charge is 2.49. The molecule has 2 aliphatic rings. The summed E-state index contributed by atoms with van der Waals surface area (Å²) in [7, 11) is 0. The van der Waals surface area contributed by atoms with Crippen molar-refractivity contribution >= 4 is 5.91 Å². The molecule has 0 aromatic heterocycles. The lowest BCUT2D eigenvalue weighted by molar-refractivity contribution is -0.137. The Morgan fingerprint density at radius 1 is 1.00 bits per heavy atom. The number of piperidine rings is 1. The van der Waals surface area contributed by atoms with Crippen LogP contribution in [-0.2, 0) is 11.3 Å². The number of carbonyl (C=O) groups excluding carboxylic acids is 1. The number of halogens is 2. The van der Waals surface area contributed by atoms with E-state index < -0.39 is 24.4 Å². The monoisotopic (exact) mass is 430 g/mol. The summed E-state index contributed by atoms with van der Waals surface area (Å²) in [5.74, 6) is -3.79. The topological polar surface area (TPSA) is 43.8 Å². The Bertz CT molecular complexity index is 868. The first-order chi connectivity index (χ1) is 14.8. The molecular weight excluding hydrogens is 398 g/mol. The SMILES string of the molecule is CC.Cc1ccc(CN2CCC(N3CCC(c4ccc(O)cc4)C(F)(F)C3)C2=O)cc1. The van der Waals surface area contributed by atoms with E-state index >= 15 is 0 Å². The van der Waals surface area contributed by atoms with Crippen LogP contribution in [0.25, 0.3) is 0 Å². The molecule has 2 heterocycles. The maximum absolute atomic E-state index is 14.9. The molecule has 4 nitrogen and oxygen atoms in total. The van der Waals surface area contributed by atoms with Crippen LogP contribution in [0.4, 0.5) is 8.78 Å². The van der Waals surface area contributed by atoms with E-state index in [1.54, 1.807) is 21.9 Å². The normalized spacial score (nSPS) is 23.4. The summed E-state index contributed by atoms with van der Waals surface area (Å²) >= 11 is 0. The molecule has 0 bridgehead atoms. The molecule has 0 spiro atoms. The number of phenols is 1. The number of aryl methyl sites for hydroxylation is 1. The number of carbonyl (C=O) groups is 1. The van der Waals surface area contributed by atoms with Crippen molar-refractivity contribution in [3.63, 3.8) is 0 Å². The molecule has 6 heteroatoms. The third-order valence-electron chi connectivity index (χ3n) is 6.13. The second kappa shape index (κ2) is 9.77. The van der Waals surface area contributed by atoms with Gasteiger partial charge < -0.3 is 10.0 Å². The van der Waals surface area contributed by atoms with Crippen LogP contribution < -0.4 is 0 Å². The molecular formula is C25H32F2N2O2. The van der Waals surface area contributed by atoms with Crippen LogP contribution in [0.1, 0.15) is 49.3 Å². The van der Waals surface area contributed by atoms with Crippen molar-refractivity contribution in [3.05, 3.63) is 65.2 Å². The second-order valence-electron chi connectivity index (χ2n) is 8.21. The molecule has 2 saturated heterocycles. The van der Waals surface area contributed by atoms with Gasteiger partial charge in [-0.15, -0.1) is 0 Å². The van der Waals surface area contributed by atoms with Crippen molar-refractivity contribution in [2.45, 2.75) is 58.0 Å². The van der Waals surface area contributed by atoms with Gasteiger partial charge in [-0.3, -0.25) is 9.69 Å². The summed E-state index contributed by atoms with van der Waals surface area (Å²) in [6, 6.07) is 13.6. The minimum absolute atomic E-state index is 0.0514. The van der Waals surface area contributed by atoms with Crippen LogP contribution in [0.3, 0.4) is 0 Å². The van der Waals surface area contributed by atoms with Crippen LogP contribution in [-0.4, -0.2) is 52.4 Å². The molecule has 2 atom stereocenters. The van der Waals surface area contributed by atoms with Gasteiger partial charge in [0.2, 0.25) is 5.91 Å². The van der Waals surface area contributed by atoms with E-state index in [4.69, 9.17) is 0 Å². The Morgan fingerprint density at radius 2 is 1.65 bits per heavy atom. The van der Waals surface area contributed by atoms with Crippen molar-refractivity contribution in [2.75, 3.05) is 19.6 Å². The number of nitrogens with zero attached hydrogens (tertiary/aromatic N) is 2. The number of rotatable bonds is 4. The van der Waals surface area contributed by atoms with Gasteiger partial charge >= 0.3 is 0 Å². The lowest BCUT2D eigenvalue weighted by atomic mass is 9.85. The smallest absolute Gasteiger partial charge is 0.267 e. The maximum atomic E-state index is 14.9. The first kappa shape index (κ1) is 23.2. The highest BCUT2D eigenvalue weighted by Crippen LogP contribution is 2.42. The van der Waals surface area contributed by atoms with Gasteiger partial charge in [-0.05, 0) is 49.6 Å². The van der Waals surface area contributed by atoms with Gasteiger partial charge in [-0.1, -0.05) is 55.8 Å².